The summed E-state index contributed by atoms with van der Waals surface area (Å²) in [5, 5.41) is 6.95. The molecule has 1 aliphatic heterocycles. The molecule has 0 aromatic carbocycles. The summed E-state index contributed by atoms with van der Waals surface area (Å²) in [6, 6.07) is 4.11. The van der Waals surface area contributed by atoms with Gasteiger partial charge in [0.25, 0.3) is 0 Å². The van der Waals surface area contributed by atoms with Gasteiger partial charge in [-0.2, -0.15) is 0 Å². The summed E-state index contributed by atoms with van der Waals surface area (Å²) in [4.78, 5) is 4.12. The molecular formula is C12H19BrClN3. The van der Waals surface area contributed by atoms with E-state index in [-0.39, 0.29) is 12.4 Å². The number of halogens is 2. The van der Waals surface area contributed by atoms with Gasteiger partial charge in [-0.1, -0.05) is 0 Å². The SMILES string of the molecule is Brc1cc(CNCC2CCCNC2)ccn1.Cl. The topological polar surface area (TPSA) is 37.0 Å². The van der Waals surface area contributed by atoms with Crippen LogP contribution in [0, 0.1) is 5.92 Å². The standard InChI is InChI=1S/C12H18BrN3.ClH/c13-12-6-10(3-5-16-12)7-15-9-11-2-1-4-14-8-11;/h3,5-6,11,14-15H,1-2,4,7-9H2;1H. The quantitative estimate of drug-likeness (QED) is 0.836. The van der Waals surface area contributed by atoms with E-state index >= 15 is 0 Å². The molecule has 1 atom stereocenters. The van der Waals surface area contributed by atoms with Gasteiger partial charge in [-0.3, -0.25) is 0 Å². The van der Waals surface area contributed by atoms with Gasteiger partial charge in [0.1, 0.15) is 4.60 Å². The van der Waals surface area contributed by atoms with Gasteiger partial charge in [-0.15, -0.1) is 12.4 Å². The van der Waals surface area contributed by atoms with Crippen LogP contribution in [0.3, 0.4) is 0 Å². The average Bonchev–Trinajstić information content (AvgIpc) is 2.30. The van der Waals surface area contributed by atoms with Crippen molar-refractivity contribution in [1.82, 2.24) is 15.6 Å². The zero-order chi connectivity index (χ0) is 11.2. The van der Waals surface area contributed by atoms with Crippen LogP contribution in [0.4, 0.5) is 0 Å². The van der Waals surface area contributed by atoms with Crippen LogP contribution in [0.2, 0.25) is 0 Å². The van der Waals surface area contributed by atoms with Crippen molar-refractivity contribution in [3.63, 3.8) is 0 Å². The maximum Gasteiger partial charge on any atom is 0.106 e. The molecule has 1 fully saturated rings. The first-order valence-corrected chi connectivity index (χ1v) is 6.66. The molecule has 5 heteroatoms. The van der Waals surface area contributed by atoms with Gasteiger partial charge in [0, 0.05) is 12.7 Å². The summed E-state index contributed by atoms with van der Waals surface area (Å²) in [6.45, 7) is 4.38. The minimum Gasteiger partial charge on any atom is -0.316 e. The molecule has 1 saturated heterocycles. The Morgan fingerprint density at radius 1 is 1.53 bits per heavy atom. The summed E-state index contributed by atoms with van der Waals surface area (Å²) in [7, 11) is 0. The predicted octanol–water partition coefficient (Wildman–Crippen LogP) is 2.36. The molecule has 1 aromatic heterocycles. The van der Waals surface area contributed by atoms with Crippen LogP contribution in [0.1, 0.15) is 18.4 Å². The Labute approximate surface area is 117 Å². The van der Waals surface area contributed by atoms with Gasteiger partial charge >= 0.3 is 0 Å². The molecule has 96 valence electrons. The normalized spacial score (nSPS) is 19.7. The van der Waals surface area contributed by atoms with E-state index in [0.717, 1.165) is 30.2 Å². The van der Waals surface area contributed by atoms with Crippen LogP contribution in [0.15, 0.2) is 22.9 Å². The lowest BCUT2D eigenvalue weighted by Gasteiger charge is -2.22. The number of nitrogens with one attached hydrogen (secondary N) is 2. The second-order valence-corrected chi connectivity index (χ2v) is 5.14. The fraction of sp³-hybridized carbons (Fsp3) is 0.583. The first kappa shape index (κ1) is 14.9. The molecular weight excluding hydrogens is 302 g/mol. The van der Waals surface area contributed by atoms with E-state index in [0.29, 0.717) is 0 Å². The molecule has 17 heavy (non-hydrogen) atoms. The van der Waals surface area contributed by atoms with Gasteiger partial charge in [0.15, 0.2) is 0 Å². The lowest BCUT2D eigenvalue weighted by Crippen LogP contribution is -2.35. The highest BCUT2D eigenvalue weighted by Gasteiger charge is 2.11. The van der Waals surface area contributed by atoms with E-state index < -0.39 is 0 Å². The predicted molar refractivity (Wildman–Crippen MR) is 76.5 cm³/mol. The molecule has 1 unspecified atom stereocenters. The molecule has 2 heterocycles. The Bertz CT molecular complexity index is 329. The fourth-order valence-corrected chi connectivity index (χ4v) is 2.48. The molecule has 0 radical (unpaired) electrons. The smallest absolute Gasteiger partial charge is 0.106 e. The second kappa shape index (κ2) is 8.03. The zero-order valence-corrected chi connectivity index (χ0v) is 12.2. The highest BCUT2D eigenvalue weighted by Crippen LogP contribution is 2.10. The fourth-order valence-electron chi connectivity index (χ4n) is 2.07. The molecule has 3 nitrogen and oxygen atoms in total. The summed E-state index contributed by atoms with van der Waals surface area (Å²) in [5.74, 6) is 0.791. The highest BCUT2D eigenvalue weighted by molar-refractivity contribution is 9.10. The first-order valence-electron chi connectivity index (χ1n) is 5.86. The van der Waals surface area contributed by atoms with Crippen molar-refractivity contribution in [3.05, 3.63) is 28.5 Å². The van der Waals surface area contributed by atoms with Crippen LogP contribution in [-0.2, 0) is 6.54 Å². The van der Waals surface area contributed by atoms with Gasteiger partial charge in [-0.05, 0) is 72.0 Å². The zero-order valence-electron chi connectivity index (χ0n) is 9.79. The average molecular weight is 321 g/mol. The second-order valence-electron chi connectivity index (χ2n) is 4.33. The third-order valence-corrected chi connectivity index (χ3v) is 3.39. The van der Waals surface area contributed by atoms with Gasteiger partial charge in [-0.25, -0.2) is 4.98 Å². The molecule has 0 saturated carbocycles. The maximum atomic E-state index is 4.12. The summed E-state index contributed by atoms with van der Waals surface area (Å²) >= 11 is 3.38. The number of aromatic nitrogens is 1. The molecule has 2 rings (SSSR count). The third-order valence-electron chi connectivity index (χ3n) is 2.95. The minimum atomic E-state index is 0. The Balaban J connectivity index is 0.00000144. The summed E-state index contributed by atoms with van der Waals surface area (Å²) in [5.41, 5.74) is 1.28. The van der Waals surface area contributed by atoms with E-state index in [1.807, 2.05) is 6.20 Å². The summed E-state index contributed by atoms with van der Waals surface area (Å²) < 4.78 is 0.908. The number of pyridine rings is 1. The maximum absolute atomic E-state index is 4.12. The third kappa shape index (κ3) is 5.34. The lowest BCUT2D eigenvalue weighted by molar-refractivity contribution is 0.360. The van der Waals surface area contributed by atoms with Gasteiger partial charge < -0.3 is 10.6 Å². The molecule has 1 aliphatic rings. The van der Waals surface area contributed by atoms with Crippen LogP contribution in [-0.4, -0.2) is 24.6 Å². The molecule has 0 bridgehead atoms. The minimum absolute atomic E-state index is 0. The molecule has 0 spiro atoms. The van der Waals surface area contributed by atoms with Gasteiger partial charge in [0.05, 0.1) is 0 Å². The monoisotopic (exact) mass is 319 g/mol. The van der Waals surface area contributed by atoms with Crippen LogP contribution < -0.4 is 10.6 Å². The molecule has 0 amide bonds. The molecule has 1 aromatic rings. The Morgan fingerprint density at radius 2 is 2.41 bits per heavy atom. The largest absolute Gasteiger partial charge is 0.316 e. The van der Waals surface area contributed by atoms with E-state index in [4.69, 9.17) is 0 Å². The highest BCUT2D eigenvalue weighted by atomic mass is 79.9. The van der Waals surface area contributed by atoms with E-state index in [9.17, 15) is 0 Å². The van der Waals surface area contributed by atoms with Crippen LogP contribution >= 0.6 is 28.3 Å². The number of hydrogen-bond donors (Lipinski definition) is 2. The van der Waals surface area contributed by atoms with E-state index in [1.54, 1.807) is 0 Å². The Kier molecular flexibility index (Phi) is 7.04. The van der Waals surface area contributed by atoms with E-state index in [2.05, 4.69) is 43.7 Å². The molecule has 2 N–H and O–H groups in total. The number of rotatable bonds is 4. The van der Waals surface area contributed by atoms with Crippen LogP contribution in [0.25, 0.3) is 0 Å². The van der Waals surface area contributed by atoms with Crippen LogP contribution in [0.5, 0.6) is 0 Å². The number of nitrogens with zero attached hydrogens (tertiary/aromatic N) is 1. The number of piperidine rings is 1. The Hall–Kier alpha value is -0.160. The van der Waals surface area contributed by atoms with Crippen molar-refractivity contribution in [3.8, 4) is 0 Å². The van der Waals surface area contributed by atoms with Crippen molar-refractivity contribution in [2.75, 3.05) is 19.6 Å². The van der Waals surface area contributed by atoms with Crippen molar-refractivity contribution >= 4 is 28.3 Å². The summed E-state index contributed by atoms with van der Waals surface area (Å²) in [6.07, 6.45) is 4.50. The Morgan fingerprint density at radius 3 is 3.12 bits per heavy atom. The van der Waals surface area contributed by atoms with Crippen molar-refractivity contribution in [2.45, 2.75) is 19.4 Å². The van der Waals surface area contributed by atoms with Gasteiger partial charge in [0.2, 0.25) is 0 Å². The lowest BCUT2D eigenvalue weighted by atomic mass is 10.00. The number of hydrogen-bond acceptors (Lipinski definition) is 3. The first-order chi connectivity index (χ1) is 7.84. The van der Waals surface area contributed by atoms with Crippen molar-refractivity contribution in [2.24, 2.45) is 5.92 Å². The van der Waals surface area contributed by atoms with Crippen molar-refractivity contribution in [1.29, 1.82) is 0 Å². The van der Waals surface area contributed by atoms with E-state index in [1.165, 1.54) is 24.9 Å². The van der Waals surface area contributed by atoms with Crippen molar-refractivity contribution < 1.29 is 0 Å². The molecule has 0 aliphatic carbocycles.